The molecule has 0 radical (unpaired) electrons. The van der Waals surface area contributed by atoms with E-state index in [-0.39, 0.29) is 11.9 Å². The quantitative estimate of drug-likeness (QED) is 0.738. The van der Waals surface area contributed by atoms with Crippen LogP contribution in [-0.2, 0) is 4.79 Å². The van der Waals surface area contributed by atoms with Crippen molar-refractivity contribution in [2.24, 2.45) is 0 Å². The van der Waals surface area contributed by atoms with Gasteiger partial charge in [0, 0.05) is 11.7 Å². The molecular weight excluding hydrogens is 342 g/mol. The Hall–Kier alpha value is -3.10. The molecule has 2 aromatic carbocycles. The topological polar surface area (TPSA) is 56.1 Å². The van der Waals surface area contributed by atoms with E-state index in [1.54, 1.807) is 23.3 Å². The van der Waals surface area contributed by atoms with Crippen LogP contribution in [-0.4, -0.2) is 17.9 Å². The number of fused-ring (bicyclic) bond motifs is 1. The summed E-state index contributed by atoms with van der Waals surface area (Å²) >= 11 is 1.67. The summed E-state index contributed by atoms with van der Waals surface area (Å²) in [4.78, 5) is 13.8. The zero-order chi connectivity index (χ0) is 18.3. The van der Waals surface area contributed by atoms with Crippen LogP contribution < -0.4 is 5.32 Å². The summed E-state index contributed by atoms with van der Waals surface area (Å²) in [5, 5.41) is 15.8. The van der Waals surface area contributed by atoms with Gasteiger partial charge in [0.05, 0.1) is 24.1 Å². The monoisotopic (exact) mass is 359 g/mol. The molecule has 1 saturated heterocycles. The molecule has 4 nitrogen and oxygen atoms in total. The van der Waals surface area contributed by atoms with Crippen molar-refractivity contribution in [3.05, 3.63) is 71.4 Å². The normalized spacial score (nSPS) is 17.2. The van der Waals surface area contributed by atoms with E-state index in [9.17, 15) is 4.79 Å². The molecule has 1 atom stereocenters. The highest BCUT2D eigenvalue weighted by Crippen LogP contribution is 2.39. The van der Waals surface area contributed by atoms with Crippen molar-refractivity contribution in [1.29, 1.82) is 5.26 Å². The third-order valence-electron chi connectivity index (χ3n) is 4.81. The van der Waals surface area contributed by atoms with Crippen LogP contribution in [0.25, 0.3) is 21.2 Å². The molecule has 0 spiro atoms. The summed E-state index contributed by atoms with van der Waals surface area (Å²) in [5.41, 5.74) is 3.90. The lowest BCUT2D eigenvalue weighted by molar-refractivity contribution is -0.130. The Kier molecular flexibility index (Phi) is 3.98. The Balaban J connectivity index is 1.80. The number of hydrogen-bond acceptors (Lipinski definition) is 4. The second kappa shape index (κ2) is 6.32. The average Bonchev–Trinajstić information content (AvgIpc) is 3.10. The molecule has 2 heterocycles. The van der Waals surface area contributed by atoms with Gasteiger partial charge in [-0.25, -0.2) is 0 Å². The van der Waals surface area contributed by atoms with E-state index in [0.717, 1.165) is 26.8 Å². The minimum atomic E-state index is -0.0688. The highest BCUT2D eigenvalue weighted by Gasteiger charge is 2.28. The first kappa shape index (κ1) is 16.4. The lowest BCUT2D eigenvalue weighted by atomic mass is 9.97. The van der Waals surface area contributed by atoms with E-state index in [4.69, 9.17) is 5.26 Å². The fourth-order valence-electron chi connectivity index (χ4n) is 3.33. The molecule has 128 valence electrons. The van der Waals surface area contributed by atoms with Crippen LogP contribution in [0.4, 0.5) is 0 Å². The maximum atomic E-state index is 12.2. The Bertz CT molecular complexity index is 1060. The van der Waals surface area contributed by atoms with Gasteiger partial charge in [-0.1, -0.05) is 36.9 Å². The lowest BCUT2D eigenvalue weighted by Gasteiger charge is -2.32. The predicted molar refractivity (Wildman–Crippen MR) is 104 cm³/mol. The molecular formula is C21H17N3OS. The largest absolute Gasteiger partial charge is 0.365 e. The number of carbonyl (C=O) groups is 1. The first-order valence-corrected chi connectivity index (χ1v) is 9.19. The van der Waals surface area contributed by atoms with Gasteiger partial charge in [-0.3, -0.25) is 4.79 Å². The Morgan fingerprint density at radius 1 is 1.31 bits per heavy atom. The number of benzene rings is 2. The van der Waals surface area contributed by atoms with Crippen molar-refractivity contribution < 1.29 is 4.79 Å². The number of nitrogens with one attached hydrogen (secondary N) is 1. The molecule has 1 aliphatic rings. The second-order valence-corrected chi connectivity index (χ2v) is 7.25. The molecule has 0 aliphatic carbocycles. The molecule has 26 heavy (non-hydrogen) atoms. The van der Waals surface area contributed by atoms with Gasteiger partial charge in [0.1, 0.15) is 5.82 Å². The van der Waals surface area contributed by atoms with Crippen LogP contribution in [0.5, 0.6) is 0 Å². The van der Waals surface area contributed by atoms with Crippen molar-refractivity contribution in [2.45, 2.75) is 12.5 Å². The molecule has 4 rings (SSSR count). The molecule has 3 aromatic rings. The number of hydrogen-bond donors (Lipinski definition) is 1. The summed E-state index contributed by atoms with van der Waals surface area (Å²) in [5.74, 6) is 0.694. The van der Waals surface area contributed by atoms with E-state index < -0.39 is 0 Å². The molecule has 0 saturated carbocycles. The third-order valence-corrected chi connectivity index (χ3v) is 5.85. The van der Waals surface area contributed by atoms with Crippen LogP contribution >= 0.6 is 11.3 Å². The van der Waals surface area contributed by atoms with Crippen molar-refractivity contribution in [3.63, 3.8) is 0 Å². The fraction of sp³-hybridized carbons (Fsp3) is 0.143. The predicted octanol–water partition coefficient (Wildman–Crippen LogP) is 4.40. The van der Waals surface area contributed by atoms with Crippen LogP contribution in [0.2, 0.25) is 0 Å². The summed E-state index contributed by atoms with van der Waals surface area (Å²) in [7, 11) is 1.74. The lowest BCUT2D eigenvalue weighted by Crippen LogP contribution is -2.42. The molecule has 1 fully saturated rings. The van der Waals surface area contributed by atoms with Gasteiger partial charge in [-0.05, 0) is 39.6 Å². The van der Waals surface area contributed by atoms with Crippen LogP contribution in [0.1, 0.15) is 23.6 Å². The maximum absolute atomic E-state index is 12.2. The number of rotatable bonds is 2. The van der Waals surface area contributed by atoms with Gasteiger partial charge in [0.25, 0.3) is 0 Å². The molecule has 1 amide bonds. The van der Waals surface area contributed by atoms with Gasteiger partial charge in [-0.15, -0.1) is 11.3 Å². The Morgan fingerprint density at radius 2 is 2.12 bits per heavy atom. The van der Waals surface area contributed by atoms with E-state index >= 15 is 0 Å². The summed E-state index contributed by atoms with van der Waals surface area (Å²) < 4.78 is 1.16. The van der Waals surface area contributed by atoms with Crippen molar-refractivity contribution >= 4 is 27.3 Å². The van der Waals surface area contributed by atoms with Gasteiger partial charge in [0.2, 0.25) is 5.91 Å². The Labute approximate surface area is 156 Å². The van der Waals surface area contributed by atoms with Crippen molar-refractivity contribution in [2.75, 3.05) is 7.05 Å². The minimum Gasteiger partial charge on any atom is -0.365 e. The van der Waals surface area contributed by atoms with Gasteiger partial charge in [0.15, 0.2) is 0 Å². The molecule has 1 N–H and O–H groups in total. The summed E-state index contributed by atoms with van der Waals surface area (Å²) in [6.45, 7) is 3.94. The zero-order valence-electron chi connectivity index (χ0n) is 14.3. The summed E-state index contributed by atoms with van der Waals surface area (Å²) in [6.07, 6.45) is 0.412. The third kappa shape index (κ3) is 2.65. The number of nitrogens with zero attached hydrogens (tertiary/aromatic N) is 2. The van der Waals surface area contributed by atoms with Gasteiger partial charge >= 0.3 is 0 Å². The molecule has 1 unspecified atom stereocenters. The highest BCUT2D eigenvalue weighted by atomic mass is 32.1. The first-order chi connectivity index (χ1) is 12.6. The van der Waals surface area contributed by atoms with Crippen LogP contribution in [0.15, 0.2) is 60.2 Å². The van der Waals surface area contributed by atoms with Crippen molar-refractivity contribution in [3.8, 4) is 17.2 Å². The number of thiophene rings is 1. The van der Waals surface area contributed by atoms with Gasteiger partial charge < -0.3 is 10.2 Å². The van der Waals surface area contributed by atoms with Crippen LogP contribution in [0, 0.1) is 11.3 Å². The zero-order valence-corrected chi connectivity index (χ0v) is 15.1. The number of nitriles is 1. The Morgan fingerprint density at radius 3 is 2.88 bits per heavy atom. The number of carbonyl (C=O) groups excluding carboxylic acids is 1. The minimum absolute atomic E-state index is 0.0657. The standard InChI is InChI=1S/C21H17N3OS/c1-13-23-19(10-20(25)24(13)2)18-12-26-21-16(7-4-8-17(18)21)15-6-3-5-14(9-15)11-22/h3-9,12,19,23H,1,10H2,2H3. The first-order valence-electron chi connectivity index (χ1n) is 8.31. The van der Waals surface area contributed by atoms with E-state index in [1.165, 1.54) is 0 Å². The van der Waals surface area contributed by atoms with E-state index in [0.29, 0.717) is 17.8 Å². The average molecular weight is 359 g/mol. The van der Waals surface area contributed by atoms with E-state index in [2.05, 4.69) is 35.5 Å². The van der Waals surface area contributed by atoms with Gasteiger partial charge in [-0.2, -0.15) is 5.26 Å². The molecule has 0 bridgehead atoms. The maximum Gasteiger partial charge on any atom is 0.230 e. The fourth-order valence-corrected chi connectivity index (χ4v) is 4.49. The smallest absolute Gasteiger partial charge is 0.230 e. The number of amides is 1. The molecule has 5 heteroatoms. The van der Waals surface area contributed by atoms with Crippen LogP contribution in [0.3, 0.4) is 0 Å². The van der Waals surface area contributed by atoms with Crippen molar-refractivity contribution in [1.82, 2.24) is 10.2 Å². The molecule has 1 aliphatic heterocycles. The van der Waals surface area contributed by atoms with E-state index in [1.807, 2.05) is 30.3 Å². The second-order valence-electron chi connectivity index (χ2n) is 6.37. The summed E-state index contributed by atoms with van der Waals surface area (Å²) in [6, 6.07) is 16.0. The molecule has 1 aromatic heterocycles. The highest BCUT2D eigenvalue weighted by molar-refractivity contribution is 7.18. The SMILES string of the molecule is C=C1NC(c2csc3c(-c4cccc(C#N)c4)cccc23)CC(=O)N1C.